The van der Waals surface area contributed by atoms with Gasteiger partial charge in [0.25, 0.3) is 0 Å². The summed E-state index contributed by atoms with van der Waals surface area (Å²) in [6, 6.07) is 0. The molecule has 0 unspecified atom stereocenters. The molecule has 1 saturated heterocycles. The van der Waals surface area contributed by atoms with Gasteiger partial charge < -0.3 is 14.6 Å². The van der Waals surface area contributed by atoms with E-state index in [1.807, 2.05) is 0 Å². The highest BCUT2D eigenvalue weighted by atomic mass is 16.7. The van der Waals surface area contributed by atoms with Crippen LogP contribution in [0.15, 0.2) is 0 Å². The predicted molar refractivity (Wildman–Crippen MR) is 37.2 cm³/mol. The number of carbonyl (C=O) groups is 1. The summed E-state index contributed by atoms with van der Waals surface area (Å²) in [5, 5.41) is 8.59. The van der Waals surface area contributed by atoms with Crippen LogP contribution in [0, 0.1) is 0 Å². The van der Waals surface area contributed by atoms with E-state index in [1.54, 1.807) is 13.8 Å². The van der Waals surface area contributed by atoms with Crippen LogP contribution in [0.3, 0.4) is 0 Å². The molecular formula is C7H12O4. The van der Waals surface area contributed by atoms with Crippen molar-refractivity contribution >= 4 is 5.97 Å². The van der Waals surface area contributed by atoms with E-state index in [-0.39, 0.29) is 0 Å². The summed E-state index contributed by atoms with van der Waals surface area (Å²) in [6.45, 7) is 3.87. The Bertz CT molecular complexity index is 164. The van der Waals surface area contributed by atoms with Gasteiger partial charge >= 0.3 is 5.97 Å². The minimum absolute atomic E-state index is 0.429. The lowest BCUT2D eigenvalue weighted by molar-refractivity contribution is -0.272. The summed E-state index contributed by atoms with van der Waals surface area (Å²) in [7, 11) is 0. The van der Waals surface area contributed by atoms with Crippen molar-refractivity contribution in [2.24, 2.45) is 0 Å². The molecular weight excluding hydrogens is 148 g/mol. The maximum absolute atomic E-state index is 10.5. The summed E-state index contributed by atoms with van der Waals surface area (Å²) in [4.78, 5) is 10.5. The van der Waals surface area contributed by atoms with E-state index in [1.165, 1.54) is 0 Å². The van der Waals surface area contributed by atoms with E-state index >= 15 is 0 Å². The van der Waals surface area contributed by atoms with Gasteiger partial charge in [-0.2, -0.15) is 0 Å². The van der Waals surface area contributed by atoms with E-state index in [4.69, 9.17) is 14.6 Å². The number of carboxylic acids is 1. The number of carboxylic acid groups (broad SMARTS) is 1. The fourth-order valence-electron chi connectivity index (χ4n) is 1.02. The van der Waals surface area contributed by atoms with Gasteiger partial charge in [0.05, 0.1) is 6.61 Å². The smallest absolute Gasteiger partial charge is 0.333 e. The minimum atomic E-state index is -0.915. The fourth-order valence-corrected chi connectivity index (χ4v) is 1.02. The summed E-state index contributed by atoms with van der Waals surface area (Å²) in [6.07, 6.45) is -0.280. The highest BCUT2D eigenvalue weighted by Gasteiger charge is 2.33. The SMILES string of the molecule is CC1(C)OCC[C@@H](C(=O)O)O1. The molecule has 64 valence electrons. The Morgan fingerprint density at radius 1 is 1.64 bits per heavy atom. The van der Waals surface area contributed by atoms with Crippen LogP contribution in [0.5, 0.6) is 0 Å². The molecule has 0 aliphatic carbocycles. The highest BCUT2D eigenvalue weighted by molar-refractivity contribution is 5.72. The number of ether oxygens (including phenoxy) is 2. The monoisotopic (exact) mass is 160 g/mol. The Labute approximate surface area is 65.1 Å². The number of hydrogen-bond acceptors (Lipinski definition) is 3. The van der Waals surface area contributed by atoms with Gasteiger partial charge in [-0.15, -0.1) is 0 Å². The zero-order chi connectivity index (χ0) is 8.48. The molecule has 1 N–H and O–H groups in total. The largest absolute Gasteiger partial charge is 0.479 e. The molecule has 4 nitrogen and oxygen atoms in total. The first-order valence-corrected chi connectivity index (χ1v) is 3.56. The van der Waals surface area contributed by atoms with Crippen LogP contribution in [-0.2, 0) is 14.3 Å². The van der Waals surface area contributed by atoms with E-state index < -0.39 is 17.9 Å². The molecule has 1 aliphatic rings. The zero-order valence-electron chi connectivity index (χ0n) is 6.66. The molecule has 11 heavy (non-hydrogen) atoms. The van der Waals surface area contributed by atoms with Crippen LogP contribution in [0.4, 0.5) is 0 Å². The Balaban J connectivity index is 2.53. The quantitative estimate of drug-likeness (QED) is 0.610. The summed E-state index contributed by atoms with van der Waals surface area (Å²) >= 11 is 0. The van der Waals surface area contributed by atoms with Gasteiger partial charge in [-0.1, -0.05) is 0 Å². The number of aliphatic carboxylic acids is 1. The van der Waals surface area contributed by atoms with Gasteiger partial charge in [-0.3, -0.25) is 0 Å². The van der Waals surface area contributed by atoms with Crippen LogP contribution in [0.1, 0.15) is 20.3 Å². The first-order valence-electron chi connectivity index (χ1n) is 3.56. The first-order chi connectivity index (χ1) is 5.01. The zero-order valence-corrected chi connectivity index (χ0v) is 6.66. The van der Waals surface area contributed by atoms with Crippen LogP contribution in [-0.4, -0.2) is 29.6 Å². The lowest BCUT2D eigenvalue weighted by Crippen LogP contribution is -2.43. The predicted octanol–water partition coefficient (Wildman–Crippen LogP) is 0.613. The van der Waals surface area contributed by atoms with Gasteiger partial charge in [-0.05, 0) is 13.8 Å². The summed E-state index contributed by atoms with van der Waals surface area (Å²) in [5.74, 6) is -1.66. The molecule has 0 saturated carbocycles. The highest BCUT2D eigenvalue weighted by Crippen LogP contribution is 2.21. The molecule has 1 heterocycles. The van der Waals surface area contributed by atoms with Gasteiger partial charge in [0.15, 0.2) is 11.9 Å². The van der Waals surface area contributed by atoms with Crippen molar-refractivity contribution in [3.05, 3.63) is 0 Å². The maximum atomic E-state index is 10.5. The van der Waals surface area contributed by atoms with E-state index in [2.05, 4.69) is 0 Å². The van der Waals surface area contributed by atoms with Crippen LogP contribution in [0.2, 0.25) is 0 Å². The molecule has 0 spiro atoms. The first kappa shape index (κ1) is 8.49. The molecule has 0 aromatic heterocycles. The van der Waals surface area contributed by atoms with E-state index in [0.717, 1.165) is 0 Å². The third-order valence-electron chi connectivity index (χ3n) is 1.53. The van der Waals surface area contributed by atoms with Gasteiger partial charge in [0, 0.05) is 6.42 Å². The van der Waals surface area contributed by atoms with Gasteiger partial charge in [0.2, 0.25) is 0 Å². The molecule has 4 heteroatoms. The standard InChI is InChI=1S/C7H12O4/c1-7(2)10-4-3-5(11-7)6(8)9/h5H,3-4H2,1-2H3,(H,8,9)/t5-/m0/s1. The average Bonchev–Trinajstić information content (AvgIpc) is 1.85. The molecule has 1 rings (SSSR count). The van der Waals surface area contributed by atoms with Crippen molar-refractivity contribution in [1.82, 2.24) is 0 Å². The van der Waals surface area contributed by atoms with Crippen LogP contribution >= 0.6 is 0 Å². The molecule has 0 radical (unpaired) electrons. The van der Waals surface area contributed by atoms with Gasteiger partial charge in [-0.25, -0.2) is 4.79 Å². The number of hydrogen-bond donors (Lipinski definition) is 1. The second kappa shape index (κ2) is 2.79. The van der Waals surface area contributed by atoms with Crippen molar-refractivity contribution in [1.29, 1.82) is 0 Å². The molecule has 0 bridgehead atoms. The lowest BCUT2D eigenvalue weighted by Gasteiger charge is -2.33. The van der Waals surface area contributed by atoms with Crippen LogP contribution in [0.25, 0.3) is 0 Å². The summed E-state index contributed by atoms with van der Waals surface area (Å²) < 4.78 is 10.3. The van der Waals surface area contributed by atoms with Gasteiger partial charge in [0.1, 0.15) is 0 Å². The van der Waals surface area contributed by atoms with Crippen molar-refractivity contribution in [2.45, 2.75) is 32.2 Å². The molecule has 0 amide bonds. The lowest BCUT2D eigenvalue weighted by atomic mass is 10.2. The Morgan fingerprint density at radius 2 is 2.27 bits per heavy atom. The maximum Gasteiger partial charge on any atom is 0.333 e. The summed E-state index contributed by atoms with van der Waals surface area (Å²) in [5.41, 5.74) is 0. The fraction of sp³-hybridized carbons (Fsp3) is 0.857. The minimum Gasteiger partial charge on any atom is -0.479 e. The number of rotatable bonds is 1. The average molecular weight is 160 g/mol. The third kappa shape index (κ3) is 2.17. The normalized spacial score (nSPS) is 29.8. The van der Waals surface area contributed by atoms with Crippen molar-refractivity contribution in [2.75, 3.05) is 6.61 Å². The Morgan fingerprint density at radius 3 is 2.64 bits per heavy atom. The van der Waals surface area contributed by atoms with Crippen molar-refractivity contribution < 1.29 is 19.4 Å². The molecule has 1 fully saturated rings. The van der Waals surface area contributed by atoms with E-state index in [9.17, 15) is 4.79 Å². The third-order valence-corrected chi connectivity index (χ3v) is 1.53. The van der Waals surface area contributed by atoms with E-state index in [0.29, 0.717) is 13.0 Å². The molecule has 1 aliphatic heterocycles. The van der Waals surface area contributed by atoms with Crippen molar-refractivity contribution in [3.63, 3.8) is 0 Å². The second-order valence-electron chi connectivity index (χ2n) is 2.98. The molecule has 1 atom stereocenters. The second-order valence-corrected chi connectivity index (χ2v) is 2.98. The van der Waals surface area contributed by atoms with Crippen molar-refractivity contribution in [3.8, 4) is 0 Å². The Kier molecular flexibility index (Phi) is 2.15. The Hall–Kier alpha value is -0.610. The molecule has 0 aromatic carbocycles. The molecule has 0 aromatic rings. The topological polar surface area (TPSA) is 55.8 Å². The van der Waals surface area contributed by atoms with Crippen LogP contribution < -0.4 is 0 Å².